The van der Waals surface area contributed by atoms with Crippen LogP contribution in [0.3, 0.4) is 0 Å². The Morgan fingerprint density at radius 3 is 2.14 bits per heavy atom. The topological polar surface area (TPSA) is 122 Å². The molecule has 0 spiro atoms. The van der Waals surface area contributed by atoms with Gasteiger partial charge in [0, 0.05) is 36.6 Å². The van der Waals surface area contributed by atoms with Crippen LogP contribution in [0.15, 0.2) is 29.2 Å². The molecule has 1 aromatic carbocycles. The molecular formula is C23H29N3O7S2. The first-order chi connectivity index (χ1) is 16.6. The zero-order chi connectivity index (χ0) is 25.8. The van der Waals surface area contributed by atoms with Crippen LogP contribution < -0.4 is 5.32 Å². The summed E-state index contributed by atoms with van der Waals surface area (Å²) in [6.07, 6.45) is -0.456. The monoisotopic (exact) mass is 523 g/mol. The lowest BCUT2D eigenvalue weighted by atomic mass is 10.1. The van der Waals surface area contributed by atoms with Crippen LogP contribution in [0.1, 0.15) is 45.0 Å². The molecule has 0 atom stereocenters. The van der Waals surface area contributed by atoms with E-state index >= 15 is 0 Å². The van der Waals surface area contributed by atoms with Crippen LogP contribution in [0, 0.1) is 13.8 Å². The molecule has 0 unspecified atom stereocenters. The van der Waals surface area contributed by atoms with Crippen LogP contribution >= 0.6 is 11.3 Å². The zero-order valence-corrected chi connectivity index (χ0v) is 21.8. The first-order valence-corrected chi connectivity index (χ1v) is 13.5. The normalized spacial score (nSPS) is 14.5. The minimum absolute atomic E-state index is 0.0497. The maximum atomic E-state index is 13.0. The molecule has 0 saturated carbocycles. The van der Waals surface area contributed by atoms with Crippen molar-refractivity contribution in [2.75, 3.05) is 44.7 Å². The summed E-state index contributed by atoms with van der Waals surface area (Å²) in [5, 5.41) is 3.13. The number of piperazine rings is 1. The number of hydrogen-bond acceptors (Lipinski definition) is 8. The number of ether oxygens (including phenoxy) is 2. The number of esters is 1. The Morgan fingerprint density at radius 2 is 1.57 bits per heavy atom. The number of aryl methyl sites for hydroxylation is 1. The molecule has 2 amide bonds. The van der Waals surface area contributed by atoms with Crippen LogP contribution in [-0.4, -0.2) is 75.0 Å². The number of nitrogens with one attached hydrogen (secondary N) is 1. The van der Waals surface area contributed by atoms with E-state index in [2.05, 4.69) is 5.32 Å². The molecule has 1 N–H and O–H groups in total. The maximum absolute atomic E-state index is 13.0. The quantitative estimate of drug-likeness (QED) is 0.553. The van der Waals surface area contributed by atoms with Crippen LogP contribution in [0.2, 0.25) is 0 Å². The van der Waals surface area contributed by atoms with E-state index < -0.39 is 28.0 Å². The lowest BCUT2D eigenvalue weighted by Gasteiger charge is -2.33. The van der Waals surface area contributed by atoms with E-state index in [0.29, 0.717) is 10.6 Å². The lowest BCUT2D eigenvalue weighted by molar-refractivity contribution is 0.0527. The van der Waals surface area contributed by atoms with Gasteiger partial charge < -0.3 is 19.7 Å². The Hall–Kier alpha value is -2.96. The number of carbonyl (C=O) groups excluding carboxylic acids is 3. The van der Waals surface area contributed by atoms with Crippen molar-refractivity contribution in [3.05, 3.63) is 45.8 Å². The van der Waals surface area contributed by atoms with Crippen molar-refractivity contribution in [2.45, 2.75) is 32.6 Å². The maximum Gasteiger partial charge on any atom is 0.409 e. The molecule has 0 bridgehead atoms. The van der Waals surface area contributed by atoms with Gasteiger partial charge in [-0.1, -0.05) is 0 Å². The first-order valence-electron chi connectivity index (χ1n) is 11.2. The van der Waals surface area contributed by atoms with Gasteiger partial charge in [0.2, 0.25) is 10.0 Å². The van der Waals surface area contributed by atoms with Gasteiger partial charge in [-0.3, -0.25) is 4.79 Å². The Kier molecular flexibility index (Phi) is 8.51. The standard InChI is InChI=1S/C23H29N3O7S2/c1-5-32-22(28)19-15(3)16(4)34-21(19)24-20(27)17-7-9-18(10-8-17)35(30,31)26-13-11-25(12-14-26)23(29)33-6-2/h7-10H,5-6,11-14H2,1-4H3,(H,24,27). The third-order valence-electron chi connectivity index (χ3n) is 5.61. The zero-order valence-electron chi connectivity index (χ0n) is 20.1. The number of benzene rings is 1. The van der Waals surface area contributed by atoms with Gasteiger partial charge in [0.25, 0.3) is 5.91 Å². The Bertz CT molecular complexity index is 1200. The van der Waals surface area contributed by atoms with E-state index in [1.165, 1.54) is 44.8 Å². The fraction of sp³-hybridized carbons (Fsp3) is 0.435. The molecule has 2 aromatic rings. The second-order valence-electron chi connectivity index (χ2n) is 7.78. The summed E-state index contributed by atoms with van der Waals surface area (Å²) in [5.41, 5.74) is 1.31. The molecule has 1 saturated heterocycles. The highest BCUT2D eigenvalue weighted by Gasteiger charge is 2.31. The van der Waals surface area contributed by atoms with Crippen molar-refractivity contribution >= 4 is 44.3 Å². The van der Waals surface area contributed by atoms with Crippen molar-refractivity contribution in [3.8, 4) is 0 Å². The average molecular weight is 524 g/mol. The van der Waals surface area contributed by atoms with E-state index in [0.717, 1.165) is 10.4 Å². The second kappa shape index (κ2) is 11.2. The Morgan fingerprint density at radius 1 is 0.971 bits per heavy atom. The van der Waals surface area contributed by atoms with Gasteiger partial charge in [-0.25, -0.2) is 18.0 Å². The molecule has 1 aliphatic rings. The van der Waals surface area contributed by atoms with Crippen molar-refractivity contribution in [1.29, 1.82) is 0 Å². The van der Waals surface area contributed by atoms with Gasteiger partial charge >= 0.3 is 12.1 Å². The average Bonchev–Trinajstić information content (AvgIpc) is 3.12. The van der Waals surface area contributed by atoms with Crippen molar-refractivity contribution in [1.82, 2.24) is 9.21 Å². The number of anilines is 1. The van der Waals surface area contributed by atoms with E-state index in [9.17, 15) is 22.8 Å². The van der Waals surface area contributed by atoms with E-state index in [1.807, 2.05) is 6.92 Å². The summed E-state index contributed by atoms with van der Waals surface area (Å²) < 4.78 is 37.4. The molecule has 0 aliphatic carbocycles. The summed E-state index contributed by atoms with van der Waals surface area (Å²) in [6.45, 7) is 8.31. The Labute approximate surface area is 208 Å². The van der Waals surface area contributed by atoms with Crippen LogP contribution in [-0.2, 0) is 19.5 Å². The number of nitrogens with zero attached hydrogens (tertiary/aromatic N) is 2. The molecule has 1 aliphatic heterocycles. The number of carbonyl (C=O) groups is 3. The van der Waals surface area contributed by atoms with Crippen LogP contribution in [0.4, 0.5) is 9.80 Å². The molecule has 10 nitrogen and oxygen atoms in total. The van der Waals surface area contributed by atoms with Gasteiger partial charge in [0.15, 0.2) is 0 Å². The summed E-state index contributed by atoms with van der Waals surface area (Å²) in [6, 6.07) is 5.60. The SMILES string of the molecule is CCOC(=O)c1c(NC(=O)c2ccc(S(=O)(=O)N3CCN(C(=O)OCC)CC3)cc2)sc(C)c1C. The van der Waals surface area contributed by atoms with E-state index in [1.54, 1.807) is 20.8 Å². The number of sulfonamides is 1. The van der Waals surface area contributed by atoms with Crippen molar-refractivity contribution in [3.63, 3.8) is 0 Å². The third kappa shape index (κ3) is 5.82. The minimum atomic E-state index is -3.79. The highest BCUT2D eigenvalue weighted by molar-refractivity contribution is 7.89. The number of rotatable bonds is 7. The fourth-order valence-corrected chi connectivity index (χ4v) is 6.06. The predicted molar refractivity (Wildman–Crippen MR) is 131 cm³/mol. The summed E-state index contributed by atoms with van der Waals surface area (Å²) in [5.74, 6) is -0.974. The second-order valence-corrected chi connectivity index (χ2v) is 10.9. The fourth-order valence-electron chi connectivity index (χ4n) is 3.59. The van der Waals surface area contributed by atoms with E-state index in [-0.39, 0.29) is 49.9 Å². The lowest BCUT2D eigenvalue weighted by Crippen LogP contribution is -2.50. The van der Waals surface area contributed by atoms with Crippen LogP contribution in [0.25, 0.3) is 0 Å². The molecule has 12 heteroatoms. The molecular weight excluding hydrogens is 494 g/mol. The van der Waals surface area contributed by atoms with Gasteiger partial charge in [0.05, 0.1) is 23.7 Å². The minimum Gasteiger partial charge on any atom is -0.462 e. The smallest absolute Gasteiger partial charge is 0.409 e. The highest BCUT2D eigenvalue weighted by Crippen LogP contribution is 2.33. The molecule has 2 heterocycles. The van der Waals surface area contributed by atoms with Crippen LogP contribution in [0.5, 0.6) is 0 Å². The van der Waals surface area contributed by atoms with Gasteiger partial charge in [-0.2, -0.15) is 4.31 Å². The molecule has 1 aromatic heterocycles. The number of hydrogen-bond donors (Lipinski definition) is 1. The van der Waals surface area contributed by atoms with E-state index in [4.69, 9.17) is 9.47 Å². The number of thiophene rings is 1. The van der Waals surface area contributed by atoms with Gasteiger partial charge in [0.1, 0.15) is 5.00 Å². The number of amides is 2. The predicted octanol–water partition coefficient (Wildman–Crippen LogP) is 3.26. The van der Waals surface area contributed by atoms with Crippen molar-refractivity contribution in [2.24, 2.45) is 0 Å². The highest BCUT2D eigenvalue weighted by atomic mass is 32.2. The summed E-state index contributed by atoms with van der Waals surface area (Å²) in [4.78, 5) is 39.4. The molecule has 190 valence electrons. The largest absolute Gasteiger partial charge is 0.462 e. The summed E-state index contributed by atoms with van der Waals surface area (Å²) >= 11 is 1.28. The molecule has 0 radical (unpaired) electrons. The summed E-state index contributed by atoms with van der Waals surface area (Å²) in [7, 11) is -3.79. The Balaban J connectivity index is 1.70. The molecule has 35 heavy (non-hydrogen) atoms. The van der Waals surface area contributed by atoms with Crippen molar-refractivity contribution < 1.29 is 32.3 Å². The molecule has 1 fully saturated rings. The van der Waals surface area contributed by atoms with Gasteiger partial charge in [-0.15, -0.1) is 11.3 Å². The van der Waals surface area contributed by atoms with Gasteiger partial charge in [-0.05, 0) is 57.5 Å². The molecule has 3 rings (SSSR count). The first kappa shape index (κ1) is 26.6. The third-order valence-corrected chi connectivity index (χ3v) is 8.65.